The van der Waals surface area contributed by atoms with Gasteiger partial charge in [0.1, 0.15) is 5.69 Å². The van der Waals surface area contributed by atoms with Crippen molar-refractivity contribution in [2.75, 3.05) is 6.61 Å². The van der Waals surface area contributed by atoms with Crippen molar-refractivity contribution in [3.8, 4) is 0 Å². The summed E-state index contributed by atoms with van der Waals surface area (Å²) in [5.41, 5.74) is 4.47. The van der Waals surface area contributed by atoms with Gasteiger partial charge in [-0.05, 0) is 50.7 Å². The van der Waals surface area contributed by atoms with Crippen LogP contribution in [0.15, 0.2) is 0 Å². The molecular formula is C18H29NO2. The van der Waals surface area contributed by atoms with Gasteiger partial charge in [-0.15, -0.1) is 0 Å². The minimum atomic E-state index is -0.186. The second-order valence-electron chi connectivity index (χ2n) is 6.13. The van der Waals surface area contributed by atoms with E-state index >= 15 is 0 Å². The van der Waals surface area contributed by atoms with E-state index in [1.807, 2.05) is 6.92 Å². The molecule has 0 spiro atoms. The first kappa shape index (κ1) is 16.1. The highest BCUT2D eigenvalue weighted by atomic mass is 16.5. The van der Waals surface area contributed by atoms with Gasteiger partial charge in [0.05, 0.1) is 6.61 Å². The Balaban J connectivity index is 2.21. The number of aromatic amines is 1. The Bertz CT molecular complexity index is 462. The number of hydrogen-bond donors (Lipinski definition) is 1. The van der Waals surface area contributed by atoms with Gasteiger partial charge in [-0.3, -0.25) is 0 Å². The molecule has 21 heavy (non-hydrogen) atoms. The number of esters is 1. The monoisotopic (exact) mass is 291 g/mol. The van der Waals surface area contributed by atoms with Crippen molar-refractivity contribution in [3.05, 3.63) is 22.5 Å². The van der Waals surface area contributed by atoms with Crippen molar-refractivity contribution in [1.29, 1.82) is 0 Å². The molecule has 1 aromatic heterocycles. The highest BCUT2D eigenvalue weighted by molar-refractivity contribution is 5.90. The Labute approximate surface area is 128 Å². The van der Waals surface area contributed by atoms with E-state index in [4.69, 9.17) is 4.74 Å². The molecule has 0 atom stereocenters. The zero-order chi connectivity index (χ0) is 15.1. The van der Waals surface area contributed by atoms with Crippen molar-refractivity contribution >= 4 is 5.97 Å². The van der Waals surface area contributed by atoms with Crippen LogP contribution < -0.4 is 0 Å². The summed E-state index contributed by atoms with van der Waals surface area (Å²) in [5.74, 6) is -0.186. The van der Waals surface area contributed by atoms with Crippen LogP contribution in [-0.2, 0) is 17.6 Å². The quantitative estimate of drug-likeness (QED) is 0.801. The van der Waals surface area contributed by atoms with E-state index in [2.05, 4.69) is 11.9 Å². The molecule has 0 saturated heterocycles. The third kappa shape index (κ3) is 4.36. The summed E-state index contributed by atoms with van der Waals surface area (Å²) in [6.07, 6.45) is 12.5. The van der Waals surface area contributed by atoms with Crippen LogP contribution in [0.2, 0.25) is 0 Å². The normalized spacial score (nSPS) is 17.4. The Morgan fingerprint density at radius 3 is 2.05 bits per heavy atom. The van der Waals surface area contributed by atoms with Gasteiger partial charge in [-0.2, -0.15) is 0 Å². The summed E-state index contributed by atoms with van der Waals surface area (Å²) in [6, 6.07) is 0. The number of rotatable bonds is 2. The largest absolute Gasteiger partial charge is 0.461 e. The van der Waals surface area contributed by atoms with Gasteiger partial charge in [0.2, 0.25) is 0 Å². The number of fused-ring (bicyclic) bond motifs is 1. The second-order valence-corrected chi connectivity index (χ2v) is 6.13. The third-order valence-electron chi connectivity index (χ3n) is 4.51. The fraction of sp³-hybridized carbons (Fsp3) is 0.722. The SMILES string of the molecule is CCOC(=O)c1[nH]c(C)c2c1CCCCCCCCCC2. The van der Waals surface area contributed by atoms with E-state index in [0.29, 0.717) is 12.3 Å². The maximum absolute atomic E-state index is 12.2. The number of carbonyl (C=O) groups is 1. The van der Waals surface area contributed by atoms with Crippen LogP contribution in [0.3, 0.4) is 0 Å². The molecule has 118 valence electrons. The molecule has 0 amide bonds. The summed E-state index contributed by atoms with van der Waals surface area (Å²) >= 11 is 0. The van der Waals surface area contributed by atoms with Crippen LogP contribution in [0.1, 0.15) is 85.6 Å². The summed E-state index contributed by atoms with van der Waals surface area (Å²) in [4.78, 5) is 15.4. The van der Waals surface area contributed by atoms with Gasteiger partial charge in [0.25, 0.3) is 0 Å². The molecule has 0 aromatic carbocycles. The molecule has 1 N–H and O–H groups in total. The number of ether oxygens (including phenoxy) is 1. The zero-order valence-corrected chi connectivity index (χ0v) is 13.6. The van der Waals surface area contributed by atoms with Gasteiger partial charge >= 0.3 is 5.97 Å². The van der Waals surface area contributed by atoms with Crippen LogP contribution in [0.25, 0.3) is 0 Å². The molecule has 0 bridgehead atoms. The lowest BCUT2D eigenvalue weighted by atomic mass is 9.95. The molecule has 1 aliphatic carbocycles. The predicted molar refractivity (Wildman–Crippen MR) is 85.8 cm³/mol. The second kappa shape index (κ2) is 8.26. The molecule has 3 heteroatoms. The first-order valence-corrected chi connectivity index (χ1v) is 8.61. The lowest BCUT2D eigenvalue weighted by molar-refractivity contribution is 0.0518. The van der Waals surface area contributed by atoms with Crippen LogP contribution in [0, 0.1) is 6.92 Å². The van der Waals surface area contributed by atoms with Crippen LogP contribution in [0.5, 0.6) is 0 Å². The summed E-state index contributed by atoms with van der Waals surface area (Å²) in [5, 5.41) is 0. The van der Waals surface area contributed by atoms with Crippen molar-refractivity contribution < 1.29 is 9.53 Å². The molecule has 0 saturated carbocycles. The number of carbonyl (C=O) groups excluding carboxylic acids is 1. The number of aryl methyl sites for hydroxylation is 1. The number of aromatic nitrogens is 1. The van der Waals surface area contributed by atoms with Crippen molar-refractivity contribution in [3.63, 3.8) is 0 Å². The first-order chi connectivity index (χ1) is 10.2. The molecule has 2 rings (SSSR count). The van der Waals surface area contributed by atoms with Gasteiger partial charge in [0.15, 0.2) is 0 Å². The van der Waals surface area contributed by atoms with E-state index in [-0.39, 0.29) is 5.97 Å². The average Bonchev–Trinajstić information content (AvgIpc) is 2.75. The summed E-state index contributed by atoms with van der Waals surface area (Å²) < 4.78 is 5.21. The van der Waals surface area contributed by atoms with E-state index in [1.165, 1.54) is 62.5 Å². The van der Waals surface area contributed by atoms with E-state index in [0.717, 1.165) is 18.5 Å². The molecule has 1 heterocycles. The minimum Gasteiger partial charge on any atom is -0.461 e. The first-order valence-electron chi connectivity index (χ1n) is 8.61. The lowest BCUT2D eigenvalue weighted by Crippen LogP contribution is -2.08. The number of H-pyrrole nitrogens is 1. The smallest absolute Gasteiger partial charge is 0.355 e. The highest BCUT2D eigenvalue weighted by Crippen LogP contribution is 2.25. The van der Waals surface area contributed by atoms with Crippen molar-refractivity contribution in [1.82, 2.24) is 4.98 Å². The number of nitrogens with one attached hydrogen (secondary N) is 1. The molecule has 1 aliphatic rings. The fourth-order valence-electron chi connectivity index (χ4n) is 3.37. The van der Waals surface area contributed by atoms with E-state index < -0.39 is 0 Å². The Morgan fingerprint density at radius 1 is 0.952 bits per heavy atom. The molecule has 0 radical (unpaired) electrons. The maximum atomic E-state index is 12.2. The summed E-state index contributed by atoms with van der Waals surface area (Å²) in [7, 11) is 0. The van der Waals surface area contributed by atoms with Crippen molar-refractivity contribution in [2.45, 2.75) is 78.1 Å². The minimum absolute atomic E-state index is 0.186. The Morgan fingerprint density at radius 2 is 1.48 bits per heavy atom. The van der Waals surface area contributed by atoms with E-state index in [1.54, 1.807) is 0 Å². The zero-order valence-electron chi connectivity index (χ0n) is 13.6. The highest BCUT2D eigenvalue weighted by Gasteiger charge is 2.20. The Kier molecular flexibility index (Phi) is 6.34. The topological polar surface area (TPSA) is 42.1 Å². The van der Waals surface area contributed by atoms with Gasteiger partial charge in [0, 0.05) is 5.69 Å². The van der Waals surface area contributed by atoms with Crippen LogP contribution in [0.4, 0.5) is 0 Å². The Hall–Kier alpha value is -1.25. The van der Waals surface area contributed by atoms with Gasteiger partial charge in [-0.25, -0.2) is 4.79 Å². The molecule has 0 fully saturated rings. The third-order valence-corrected chi connectivity index (χ3v) is 4.51. The molecule has 3 nitrogen and oxygen atoms in total. The number of hydrogen-bond acceptors (Lipinski definition) is 2. The van der Waals surface area contributed by atoms with Gasteiger partial charge < -0.3 is 9.72 Å². The maximum Gasteiger partial charge on any atom is 0.355 e. The van der Waals surface area contributed by atoms with Gasteiger partial charge in [-0.1, -0.05) is 38.5 Å². The van der Waals surface area contributed by atoms with Crippen molar-refractivity contribution in [2.24, 2.45) is 0 Å². The molecule has 0 unspecified atom stereocenters. The molecule has 0 aliphatic heterocycles. The molecule has 1 aromatic rings. The predicted octanol–water partition coefficient (Wildman–Crippen LogP) is 4.72. The van der Waals surface area contributed by atoms with E-state index in [9.17, 15) is 4.79 Å². The summed E-state index contributed by atoms with van der Waals surface area (Å²) in [6.45, 7) is 4.39. The molecular weight excluding hydrogens is 262 g/mol. The standard InChI is InChI=1S/C18H29NO2/c1-3-21-18(20)17-16-13-11-9-7-5-4-6-8-10-12-15(16)14(2)19-17/h19H,3-13H2,1-2H3. The van der Waals surface area contributed by atoms with Crippen LogP contribution in [-0.4, -0.2) is 17.6 Å². The average molecular weight is 291 g/mol. The fourth-order valence-corrected chi connectivity index (χ4v) is 3.37. The lowest BCUT2D eigenvalue weighted by Gasteiger charge is -2.10. The van der Waals surface area contributed by atoms with Crippen LogP contribution >= 0.6 is 0 Å².